The molecule has 0 nitrogen and oxygen atoms in total. The van der Waals surface area contributed by atoms with Crippen LogP contribution in [0, 0.1) is 19.3 Å². The first kappa shape index (κ1) is 10.1. The van der Waals surface area contributed by atoms with Crippen molar-refractivity contribution in [3.63, 3.8) is 0 Å². The molecule has 1 saturated carbocycles. The van der Waals surface area contributed by atoms with Gasteiger partial charge in [0.15, 0.2) is 0 Å². The third-order valence-corrected chi connectivity index (χ3v) is 1.77. The molecule has 0 aromatic heterocycles. The molecule has 0 aromatic rings. The first-order valence-corrected chi connectivity index (χ1v) is 3.54. The summed E-state index contributed by atoms with van der Waals surface area (Å²) < 4.78 is 0. The van der Waals surface area contributed by atoms with Crippen LogP contribution in [0.25, 0.3) is 0 Å². The zero-order chi connectivity index (χ0) is 5.82. The van der Waals surface area contributed by atoms with Crippen LogP contribution in [0.15, 0.2) is 0 Å². The number of hydrogen-bond acceptors (Lipinski definition) is 0. The van der Waals surface area contributed by atoms with Crippen molar-refractivity contribution in [2.45, 2.75) is 32.1 Å². The Kier molecular flexibility index (Phi) is 6.57. The molecule has 1 radical (unpaired) electrons. The predicted molar refractivity (Wildman–Crippen MR) is 36.2 cm³/mol. The van der Waals surface area contributed by atoms with Gasteiger partial charge in [0.25, 0.3) is 0 Å². The monoisotopic (exact) mass is 199 g/mol. The van der Waals surface area contributed by atoms with Crippen molar-refractivity contribution in [1.82, 2.24) is 0 Å². The van der Waals surface area contributed by atoms with E-state index in [1.165, 1.54) is 32.1 Å². The van der Waals surface area contributed by atoms with Gasteiger partial charge in [0, 0.05) is 32.7 Å². The molecular weight excluding hydrogens is 185 g/mol. The predicted octanol–water partition coefficient (Wildman–Crippen LogP) is 2.60. The maximum absolute atomic E-state index is 4.03. The van der Waals surface area contributed by atoms with E-state index >= 15 is 0 Å². The molecule has 0 N–H and O–H groups in total. The Balaban J connectivity index is 0.000000640. The fraction of sp³-hybridized carbons (Fsp3) is 0.750. The average molecular weight is 199 g/mol. The molecule has 0 bridgehead atoms. The molecule has 1 heteroatoms. The van der Waals surface area contributed by atoms with E-state index in [1.54, 1.807) is 0 Å². The van der Waals surface area contributed by atoms with Crippen LogP contribution < -0.4 is 0 Å². The second kappa shape index (κ2) is 5.86. The maximum Gasteiger partial charge on any atom is 0 e. The first-order valence-electron chi connectivity index (χ1n) is 3.54. The summed E-state index contributed by atoms with van der Waals surface area (Å²) in [7, 11) is 0. The van der Waals surface area contributed by atoms with Crippen molar-refractivity contribution in [3.8, 4) is 0 Å². The van der Waals surface area contributed by atoms with Gasteiger partial charge in [0.2, 0.25) is 0 Å². The minimum absolute atomic E-state index is 0. The van der Waals surface area contributed by atoms with Crippen LogP contribution in [-0.2, 0) is 32.7 Å². The summed E-state index contributed by atoms with van der Waals surface area (Å²) in [4.78, 5) is 0. The normalized spacial score (nSPS) is 28.3. The van der Waals surface area contributed by atoms with Gasteiger partial charge >= 0.3 is 0 Å². The van der Waals surface area contributed by atoms with Crippen molar-refractivity contribution in [2.24, 2.45) is 5.92 Å². The summed E-state index contributed by atoms with van der Waals surface area (Å²) in [6.45, 7) is 4.03. The molecule has 51 valence electrons. The van der Waals surface area contributed by atoms with Gasteiger partial charge in [-0.15, -0.1) is 0 Å². The van der Waals surface area contributed by atoms with Crippen LogP contribution >= 0.6 is 0 Å². The second-order valence-electron chi connectivity index (χ2n) is 2.67. The molecular formula is C8H14Y-2. The standard InChI is InChI=1S/C8H14.Y/c1-8-6-4-2-3-5-7-8;/h4,8H,1-3,5-7H2;/q-2;. The molecule has 9 heavy (non-hydrogen) atoms. The van der Waals surface area contributed by atoms with Crippen LogP contribution in [0.4, 0.5) is 0 Å². The molecule has 0 spiro atoms. The van der Waals surface area contributed by atoms with Crippen molar-refractivity contribution in [2.75, 3.05) is 0 Å². The fourth-order valence-corrected chi connectivity index (χ4v) is 1.19. The van der Waals surface area contributed by atoms with E-state index < -0.39 is 0 Å². The first-order chi connectivity index (χ1) is 3.89. The smallest absolute Gasteiger partial charge is 0 e. The Bertz CT molecular complexity index is 53.6. The van der Waals surface area contributed by atoms with Crippen molar-refractivity contribution in [1.29, 1.82) is 0 Å². The zero-order valence-corrected chi connectivity index (χ0v) is 8.81. The van der Waals surface area contributed by atoms with E-state index in [0.29, 0.717) is 0 Å². The van der Waals surface area contributed by atoms with Crippen LogP contribution in [-0.4, -0.2) is 0 Å². The van der Waals surface area contributed by atoms with Gasteiger partial charge in [-0.1, -0.05) is 19.3 Å². The molecule has 0 heterocycles. The van der Waals surface area contributed by atoms with Gasteiger partial charge in [0.05, 0.1) is 0 Å². The molecule has 1 unspecified atom stereocenters. The molecule has 1 fully saturated rings. The molecule has 0 aliphatic heterocycles. The van der Waals surface area contributed by atoms with Crippen molar-refractivity contribution < 1.29 is 32.7 Å². The Morgan fingerprint density at radius 1 is 1.33 bits per heavy atom. The average Bonchev–Trinajstić information content (AvgIpc) is 1.94. The fourth-order valence-electron chi connectivity index (χ4n) is 1.19. The summed E-state index contributed by atoms with van der Waals surface area (Å²) in [6.07, 6.45) is 9.09. The SMILES string of the molecule is [CH2-]C1C[CH-]CCCC1.[Y]. The van der Waals surface area contributed by atoms with Crippen LogP contribution in [0.5, 0.6) is 0 Å². The molecule has 1 atom stereocenters. The van der Waals surface area contributed by atoms with Gasteiger partial charge in [-0.2, -0.15) is 12.3 Å². The van der Waals surface area contributed by atoms with Crippen LogP contribution in [0.1, 0.15) is 32.1 Å². The zero-order valence-electron chi connectivity index (χ0n) is 5.97. The maximum atomic E-state index is 4.03. The Hall–Kier alpha value is 1.10. The topological polar surface area (TPSA) is 0 Å². The largest absolute Gasteiger partial charge is 0.343 e. The second-order valence-corrected chi connectivity index (χ2v) is 2.67. The van der Waals surface area contributed by atoms with E-state index in [1.807, 2.05) is 0 Å². The number of hydrogen-bond donors (Lipinski definition) is 0. The van der Waals surface area contributed by atoms with Gasteiger partial charge in [-0.3, -0.25) is 0 Å². The molecule has 1 aliphatic carbocycles. The summed E-state index contributed by atoms with van der Waals surface area (Å²) in [5, 5.41) is 0. The van der Waals surface area contributed by atoms with E-state index in [2.05, 4.69) is 13.3 Å². The van der Waals surface area contributed by atoms with E-state index in [4.69, 9.17) is 0 Å². The van der Waals surface area contributed by atoms with Crippen LogP contribution in [0.2, 0.25) is 0 Å². The summed E-state index contributed by atoms with van der Waals surface area (Å²) in [5.41, 5.74) is 0. The minimum Gasteiger partial charge on any atom is -0.343 e. The van der Waals surface area contributed by atoms with Gasteiger partial charge in [0.1, 0.15) is 0 Å². The Labute approximate surface area is 83.7 Å². The van der Waals surface area contributed by atoms with Crippen molar-refractivity contribution in [3.05, 3.63) is 13.3 Å². The molecule has 1 aliphatic rings. The van der Waals surface area contributed by atoms with E-state index in [-0.39, 0.29) is 32.7 Å². The number of rotatable bonds is 0. The molecule has 1 rings (SSSR count). The third-order valence-electron chi connectivity index (χ3n) is 1.77. The summed E-state index contributed by atoms with van der Waals surface area (Å²) in [6, 6.07) is 0. The molecule has 0 aromatic carbocycles. The van der Waals surface area contributed by atoms with E-state index in [9.17, 15) is 0 Å². The van der Waals surface area contributed by atoms with Gasteiger partial charge < -0.3 is 13.3 Å². The minimum atomic E-state index is 0. The Morgan fingerprint density at radius 3 is 2.89 bits per heavy atom. The quantitative estimate of drug-likeness (QED) is 0.415. The summed E-state index contributed by atoms with van der Waals surface area (Å²) in [5.74, 6) is 0.720. The molecule has 0 saturated heterocycles. The molecule has 0 amide bonds. The Morgan fingerprint density at radius 2 is 2.11 bits per heavy atom. The van der Waals surface area contributed by atoms with E-state index in [0.717, 1.165) is 5.92 Å². The van der Waals surface area contributed by atoms with Gasteiger partial charge in [-0.25, -0.2) is 6.42 Å². The van der Waals surface area contributed by atoms with Crippen molar-refractivity contribution >= 4 is 0 Å². The third kappa shape index (κ3) is 4.50. The van der Waals surface area contributed by atoms with Gasteiger partial charge in [-0.05, 0) is 0 Å². The summed E-state index contributed by atoms with van der Waals surface area (Å²) >= 11 is 0. The van der Waals surface area contributed by atoms with Crippen LogP contribution in [0.3, 0.4) is 0 Å².